The summed E-state index contributed by atoms with van der Waals surface area (Å²) in [5, 5.41) is 3.78. The third kappa shape index (κ3) is 4.85. The van der Waals surface area contributed by atoms with Crippen LogP contribution >= 0.6 is 11.8 Å². The molecule has 2 heteroatoms. The Kier molecular flexibility index (Phi) is 6.80. The highest BCUT2D eigenvalue weighted by Gasteiger charge is 2.17. The molecule has 1 aliphatic rings. The molecule has 106 valence electrons. The highest BCUT2D eigenvalue weighted by Crippen LogP contribution is 2.34. The van der Waals surface area contributed by atoms with E-state index >= 15 is 0 Å². The maximum absolute atomic E-state index is 3.78. The fraction of sp³-hybridized carbons (Fsp3) is 0.647. The summed E-state index contributed by atoms with van der Waals surface area (Å²) >= 11 is 2.02. The minimum Gasteiger partial charge on any atom is -0.310 e. The summed E-state index contributed by atoms with van der Waals surface area (Å²) in [6.07, 6.45) is 9.44. The lowest BCUT2D eigenvalue weighted by atomic mass is 10.0. The van der Waals surface area contributed by atoms with Crippen molar-refractivity contribution in [3.8, 4) is 0 Å². The van der Waals surface area contributed by atoms with Gasteiger partial charge >= 0.3 is 0 Å². The van der Waals surface area contributed by atoms with Crippen molar-refractivity contribution in [3.05, 3.63) is 29.8 Å². The van der Waals surface area contributed by atoms with E-state index in [1.807, 2.05) is 11.8 Å². The van der Waals surface area contributed by atoms with Gasteiger partial charge in [-0.25, -0.2) is 0 Å². The largest absolute Gasteiger partial charge is 0.310 e. The first-order valence-corrected chi connectivity index (χ1v) is 8.85. The van der Waals surface area contributed by atoms with Gasteiger partial charge in [-0.05, 0) is 43.2 Å². The van der Waals surface area contributed by atoms with Crippen molar-refractivity contribution in [3.63, 3.8) is 0 Å². The van der Waals surface area contributed by atoms with Crippen molar-refractivity contribution < 1.29 is 0 Å². The molecule has 1 nitrogen and oxygen atoms in total. The summed E-state index contributed by atoms with van der Waals surface area (Å²) in [4.78, 5) is 1.49. The van der Waals surface area contributed by atoms with E-state index in [2.05, 4.69) is 36.5 Å². The van der Waals surface area contributed by atoms with Crippen LogP contribution in [0.5, 0.6) is 0 Å². The molecule has 1 aromatic rings. The molecule has 1 N–H and O–H groups in total. The SMILES string of the molecule is CCCCCCCNC1CCCSc2ccccc21. The van der Waals surface area contributed by atoms with Gasteiger partial charge in [0.1, 0.15) is 0 Å². The van der Waals surface area contributed by atoms with Crippen LogP contribution in [0.3, 0.4) is 0 Å². The second-order valence-electron chi connectivity index (χ2n) is 5.45. The average molecular weight is 277 g/mol. The van der Waals surface area contributed by atoms with Crippen molar-refractivity contribution in [2.75, 3.05) is 12.3 Å². The van der Waals surface area contributed by atoms with Gasteiger partial charge in [0.25, 0.3) is 0 Å². The molecule has 19 heavy (non-hydrogen) atoms. The smallest absolute Gasteiger partial charge is 0.0331 e. The van der Waals surface area contributed by atoms with Gasteiger partial charge in [-0.2, -0.15) is 0 Å². The molecular weight excluding hydrogens is 250 g/mol. The number of unbranched alkanes of at least 4 members (excludes halogenated alkanes) is 4. The van der Waals surface area contributed by atoms with E-state index in [0.29, 0.717) is 6.04 Å². The topological polar surface area (TPSA) is 12.0 Å². The van der Waals surface area contributed by atoms with Gasteiger partial charge in [-0.3, -0.25) is 0 Å². The van der Waals surface area contributed by atoms with Crippen LogP contribution in [0.25, 0.3) is 0 Å². The minimum absolute atomic E-state index is 0.581. The Morgan fingerprint density at radius 1 is 1.16 bits per heavy atom. The van der Waals surface area contributed by atoms with Crippen LogP contribution in [0.4, 0.5) is 0 Å². The molecule has 1 unspecified atom stereocenters. The lowest BCUT2D eigenvalue weighted by molar-refractivity contribution is 0.475. The van der Waals surface area contributed by atoms with Gasteiger partial charge in [0, 0.05) is 10.9 Å². The zero-order chi connectivity index (χ0) is 13.3. The van der Waals surface area contributed by atoms with Crippen molar-refractivity contribution in [1.29, 1.82) is 0 Å². The van der Waals surface area contributed by atoms with Crippen LogP contribution in [0.15, 0.2) is 29.2 Å². The third-order valence-electron chi connectivity index (χ3n) is 3.86. The highest BCUT2D eigenvalue weighted by atomic mass is 32.2. The summed E-state index contributed by atoms with van der Waals surface area (Å²) in [7, 11) is 0. The first-order chi connectivity index (χ1) is 9.42. The van der Waals surface area contributed by atoms with E-state index in [-0.39, 0.29) is 0 Å². The van der Waals surface area contributed by atoms with Crippen molar-refractivity contribution in [2.24, 2.45) is 0 Å². The van der Waals surface area contributed by atoms with Crippen LogP contribution in [0, 0.1) is 0 Å². The van der Waals surface area contributed by atoms with Gasteiger partial charge in [0.15, 0.2) is 0 Å². The van der Waals surface area contributed by atoms with E-state index in [1.54, 1.807) is 0 Å². The molecule has 0 fully saturated rings. The lowest BCUT2D eigenvalue weighted by Gasteiger charge is -2.19. The molecule has 1 aromatic carbocycles. The molecular formula is C17H27NS. The fourth-order valence-electron chi connectivity index (χ4n) is 2.74. The Labute approximate surface area is 122 Å². The average Bonchev–Trinajstić information content (AvgIpc) is 2.65. The van der Waals surface area contributed by atoms with Gasteiger partial charge in [0.05, 0.1) is 0 Å². The van der Waals surface area contributed by atoms with E-state index in [0.717, 1.165) is 0 Å². The maximum Gasteiger partial charge on any atom is 0.0331 e. The third-order valence-corrected chi connectivity index (χ3v) is 5.04. The molecule has 0 aliphatic carbocycles. The zero-order valence-corrected chi connectivity index (χ0v) is 13.0. The Balaban J connectivity index is 1.79. The predicted molar refractivity (Wildman–Crippen MR) is 85.9 cm³/mol. The van der Waals surface area contributed by atoms with Gasteiger partial charge in [-0.1, -0.05) is 50.8 Å². The first kappa shape index (κ1) is 14.9. The monoisotopic (exact) mass is 277 g/mol. The summed E-state index contributed by atoms with van der Waals surface area (Å²) in [6, 6.07) is 9.51. The Bertz CT molecular complexity index is 364. The number of hydrogen-bond donors (Lipinski definition) is 1. The molecule has 1 atom stereocenters. The first-order valence-electron chi connectivity index (χ1n) is 7.87. The van der Waals surface area contributed by atoms with Crippen molar-refractivity contribution >= 4 is 11.8 Å². The zero-order valence-electron chi connectivity index (χ0n) is 12.2. The number of fused-ring (bicyclic) bond motifs is 1. The summed E-state index contributed by atoms with van der Waals surface area (Å²) < 4.78 is 0. The van der Waals surface area contributed by atoms with Crippen molar-refractivity contribution in [1.82, 2.24) is 5.32 Å². The van der Waals surface area contributed by atoms with Crippen LogP contribution in [0.2, 0.25) is 0 Å². The molecule has 0 bridgehead atoms. The standard InChI is InChI=1S/C17H27NS/c1-2-3-4-5-8-13-18-16-11-9-14-19-17-12-7-6-10-15(16)17/h6-7,10,12,16,18H,2-5,8-9,11,13-14H2,1H3. The number of thioether (sulfide) groups is 1. The van der Waals surface area contributed by atoms with E-state index in [1.165, 1.54) is 67.7 Å². The quantitative estimate of drug-likeness (QED) is 0.690. The molecule has 0 saturated carbocycles. The molecule has 1 heterocycles. The van der Waals surface area contributed by atoms with Gasteiger partial charge < -0.3 is 5.32 Å². The predicted octanol–water partition coefficient (Wildman–Crippen LogP) is 5.17. The molecule has 1 aliphatic heterocycles. The summed E-state index contributed by atoms with van der Waals surface area (Å²) in [6.45, 7) is 3.45. The fourth-order valence-corrected chi connectivity index (χ4v) is 3.82. The van der Waals surface area contributed by atoms with E-state index in [4.69, 9.17) is 0 Å². The molecule has 0 amide bonds. The van der Waals surface area contributed by atoms with Crippen molar-refractivity contribution in [2.45, 2.75) is 62.8 Å². The number of rotatable bonds is 7. The summed E-state index contributed by atoms with van der Waals surface area (Å²) in [5.41, 5.74) is 1.53. The minimum atomic E-state index is 0.581. The molecule has 0 radical (unpaired) electrons. The number of benzene rings is 1. The lowest BCUT2D eigenvalue weighted by Crippen LogP contribution is -2.22. The Morgan fingerprint density at radius 2 is 2.00 bits per heavy atom. The molecule has 2 rings (SSSR count). The number of nitrogens with one attached hydrogen (secondary N) is 1. The van der Waals surface area contributed by atoms with Crippen LogP contribution in [0.1, 0.15) is 63.5 Å². The highest BCUT2D eigenvalue weighted by molar-refractivity contribution is 7.99. The second-order valence-corrected chi connectivity index (χ2v) is 6.59. The number of hydrogen-bond acceptors (Lipinski definition) is 2. The van der Waals surface area contributed by atoms with Crippen LogP contribution in [-0.2, 0) is 0 Å². The van der Waals surface area contributed by atoms with Gasteiger partial charge in [0.2, 0.25) is 0 Å². The summed E-state index contributed by atoms with van der Waals surface area (Å²) in [5.74, 6) is 1.27. The van der Waals surface area contributed by atoms with E-state index in [9.17, 15) is 0 Å². The molecule has 0 spiro atoms. The Morgan fingerprint density at radius 3 is 2.89 bits per heavy atom. The van der Waals surface area contributed by atoms with Gasteiger partial charge in [-0.15, -0.1) is 11.8 Å². The van der Waals surface area contributed by atoms with Crippen LogP contribution in [-0.4, -0.2) is 12.3 Å². The molecule has 0 saturated heterocycles. The maximum atomic E-state index is 3.78. The van der Waals surface area contributed by atoms with Crippen LogP contribution < -0.4 is 5.32 Å². The second kappa shape index (κ2) is 8.65. The normalized spacial score (nSPS) is 18.9. The molecule has 0 aromatic heterocycles. The Hall–Kier alpha value is -0.470. The van der Waals surface area contributed by atoms with E-state index < -0.39 is 0 Å².